The van der Waals surface area contributed by atoms with Crippen molar-refractivity contribution in [3.63, 3.8) is 0 Å². The average Bonchev–Trinajstić information content (AvgIpc) is 2.45. The predicted molar refractivity (Wildman–Crippen MR) is 80.1 cm³/mol. The van der Waals surface area contributed by atoms with Crippen LogP contribution in [0.5, 0.6) is 0 Å². The molecule has 19 heavy (non-hydrogen) atoms. The quantitative estimate of drug-likeness (QED) is 0.885. The minimum absolute atomic E-state index is 0.376. The van der Waals surface area contributed by atoms with Crippen molar-refractivity contribution < 1.29 is 0 Å². The van der Waals surface area contributed by atoms with E-state index in [1.807, 2.05) is 12.1 Å². The molecule has 0 bridgehead atoms. The molecule has 0 fully saturated rings. The lowest BCUT2D eigenvalue weighted by molar-refractivity contribution is 0.458. The van der Waals surface area contributed by atoms with Gasteiger partial charge in [-0.05, 0) is 38.3 Å². The lowest BCUT2D eigenvalue weighted by Gasteiger charge is -2.28. The van der Waals surface area contributed by atoms with E-state index < -0.39 is 0 Å². The van der Waals surface area contributed by atoms with E-state index in [0.29, 0.717) is 6.04 Å². The molecule has 1 aromatic carbocycles. The second-order valence-corrected chi connectivity index (χ2v) is 5.30. The minimum atomic E-state index is 0.376. The highest BCUT2D eigenvalue weighted by Crippen LogP contribution is 2.36. The highest BCUT2D eigenvalue weighted by Gasteiger charge is 2.24. The molecule has 0 amide bonds. The van der Waals surface area contributed by atoms with Crippen molar-refractivity contribution in [3.8, 4) is 0 Å². The van der Waals surface area contributed by atoms with Crippen LogP contribution in [0.3, 0.4) is 0 Å². The number of aromatic nitrogens is 1. The van der Waals surface area contributed by atoms with Crippen LogP contribution in [0.15, 0.2) is 24.3 Å². The Morgan fingerprint density at radius 1 is 1.37 bits per heavy atom. The van der Waals surface area contributed by atoms with Gasteiger partial charge >= 0.3 is 0 Å². The summed E-state index contributed by atoms with van der Waals surface area (Å²) in [7, 11) is 0. The van der Waals surface area contributed by atoms with Gasteiger partial charge in [0.1, 0.15) is 0 Å². The fraction of sp³-hybridized carbons (Fsp3) is 0.438. The van der Waals surface area contributed by atoms with Crippen LogP contribution >= 0.6 is 0 Å². The first-order valence-corrected chi connectivity index (χ1v) is 7.21. The number of anilines is 1. The molecule has 3 nitrogen and oxygen atoms in total. The Kier molecular flexibility index (Phi) is 3.38. The zero-order chi connectivity index (χ0) is 13.2. The van der Waals surface area contributed by atoms with E-state index in [0.717, 1.165) is 42.4 Å². The van der Waals surface area contributed by atoms with E-state index in [-0.39, 0.29) is 0 Å². The number of hydrogen-bond acceptors (Lipinski definition) is 3. The lowest BCUT2D eigenvalue weighted by atomic mass is 9.88. The van der Waals surface area contributed by atoms with Crippen molar-refractivity contribution in [2.24, 2.45) is 0 Å². The van der Waals surface area contributed by atoms with Crippen molar-refractivity contribution in [1.29, 1.82) is 0 Å². The van der Waals surface area contributed by atoms with Crippen molar-refractivity contribution in [3.05, 3.63) is 35.5 Å². The standard InChI is InChI=1S/C16H21N3/c1-2-10-18-13-8-5-9-14-15(13)16(17)11-6-3-4-7-12(11)19-14/h3-4,6-7,13,18H,2,5,8-10H2,1H3,(H2,17,19). The van der Waals surface area contributed by atoms with Crippen LogP contribution in [0.4, 0.5) is 5.69 Å². The number of nitrogens with one attached hydrogen (secondary N) is 1. The third-order valence-electron chi connectivity index (χ3n) is 3.95. The summed E-state index contributed by atoms with van der Waals surface area (Å²) in [5.41, 5.74) is 10.8. The predicted octanol–water partition coefficient (Wildman–Crippen LogP) is 3.19. The van der Waals surface area contributed by atoms with Gasteiger partial charge in [-0.1, -0.05) is 25.1 Å². The number of pyridine rings is 1. The summed E-state index contributed by atoms with van der Waals surface area (Å²) in [6.07, 6.45) is 4.55. The van der Waals surface area contributed by atoms with Crippen molar-refractivity contribution in [2.75, 3.05) is 12.3 Å². The Morgan fingerprint density at radius 2 is 2.21 bits per heavy atom. The van der Waals surface area contributed by atoms with Gasteiger partial charge in [0.15, 0.2) is 0 Å². The number of fused-ring (bicyclic) bond motifs is 2. The molecule has 3 rings (SSSR count). The molecule has 0 radical (unpaired) electrons. The van der Waals surface area contributed by atoms with E-state index in [1.54, 1.807) is 0 Å². The Bertz CT molecular complexity index is 592. The van der Waals surface area contributed by atoms with Crippen molar-refractivity contribution in [1.82, 2.24) is 10.3 Å². The normalized spacial score (nSPS) is 18.5. The topological polar surface area (TPSA) is 50.9 Å². The molecule has 1 unspecified atom stereocenters. The number of nitrogens with two attached hydrogens (primary N) is 1. The second-order valence-electron chi connectivity index (χ2n) is 5.30. The van der Waals surface area contributed by atoms with Crippen LogP contribution in [0, 0.1) is 0 Å². The van der Waals surface area contributed by atoms with E-state index in [2.05, 4.69) is 24.4 Å². The van der Waals surface area contributed by atoms with E-state index in [9.17, 15) is 0 Å². The summed E-state index contributed by atoms with van der Waals surface area (Å²) in [5.74, 6) is 0. The van der Waals surface area contributed by atoms with Crippen LogP contribution in [0.2, 0.25) is 0 Å². The van der Waals surface area contributed by atoms with Gasteiger partial charge in [-0.3, -0.25) is 4.98 Å². The average molecular weight is 255 g/mol. The van der Waals surface area contributed by atoms with Gasteiger partial charge in [0, 0.05) is 28.4 Å². The lowest BCUT2D eigenvalue weighted by Crippen LogP contribution is -2.27. The van der Waals surface area contributed by atoms with Crippen molar-refractivity contribution in [2.45, 2.75) is 38.6 Å². The first-order chi connectivity index (χ1) is 9.31. The molecule has 0 saturated heterocycles. The van der Waals surface area contributed by atoms with Crippen LogP contribution in [-0.2, 0) is 6.42 Å². The number of nitrogens with zero attached hydrogens (tertiary/aromatic N) is 1. The summed E-state index contributed by atoms with van der Waals surface area (Å²) in [5, 5.41) is 4.70. The second kappa shape index (κ2) is 5.17. The van der Waals surface area contributed by atoms with E-state index in [1.165, 1.54) is 17.7 Å². The van der Waals surface area contributed by atoms with E-state index in [4.69, 9.17) is 10.7 Å². The van der Waals surface area contributed by atoms with Crippen LogP contribution in [0.1, 0.15) is 43.5 Å². The molecule has 0 saturated carbocycles. The zero-order valence-corrected chi connectivity index (χ0v) is 11.4. The summed E-state index contributed by atoms with van der Waals surface area (Å²) >= 11 is 0. The van der Waals surface area contributed by atoms with Crippen molar-refractivity contribution >= 4 is 16.6 Å². The van der Waals surface area contributed by atoms with Gasteiger partial charge in [0.2, 0.25) is 0 Å². The largest absolute Gasteiger partial charge is 0.398 e. The molecule has 1 aromatic heterocycles. The molecule has 3 N–H and O–H groups in total. The smallest absolute Gasteiger partial charge is 0.0726 e. The number of benzene rings is 1. The highest BCUT2D eigenvalue weighted by molar-refractivity contribution is 5.92. The molecular weight excluding hydrogens is 234 g/mol. The molecule has 0 aliphatic heterocycles. The highest BCUT2D eigenvalue weighted by atomic mass is 14.9. The van der Waals surface area contributed by atoms with Gasteiger partial charge in [0.25, 0.3) is 0 Å². The summed E-state index contributed by atoms with van der Waals surface area (Å²) in [6.45, 7) is 3.23. The molecule has 1 aliphatic rings. The molecule has 0 spiro atoms. The van der Waals surface area contributed by atoms with Gasteiger partial charge in [-0.2, -0.15) is 0 Å². The summed E-state index contributed by atoms with van der Waals surface area (Å²) < 4.78 is 0. The third-order valence-corrected chi connectivity index (χ3v) is 3.95. The maximum atomic E-state index is 6.42. The number of nitrogen functional groups attached to an aromatic ring is 1. The van der Waals surface area contributed by atoms with Gasteiger partial charge in [-0.25, -0.2) is 0 Å². The number of aryl methyl sites for hydroxylation is 1. The fourth-order valence-corrected chi connectivity index (χ4v) is 3.03. The molecule has 1 atom stereocenters. The number of hydrogen-bond donors (Lipinski definition) is 2. The first-order valence-electron chi connectivity index (χ1n) is 7.21. The maximum Gasteiger partial charge on any atom is 0.0726 e. The zero-order valence-electron chi connectivity index (χ0n) is 11.4. The molecule has 2 aromatic rings. The summed E-state index contributed by atoms with van der Waals surface area (Å²) in [4.78, 5) is 4.81. The van der Waals surface area contributed by atoms with Crippen LogP contribution in [-0.4, -0.2) is 11.5 Å². The number of rotatable bonds is 3. The molecule has 1 heterocycles. The van der Waals surface area contributed by atoms with E-state index >= 15 is 0 Å². The molecular formula is C16H21N3. The molecule has 1 aliphatic carbocycles. The Hall–Kier alpha value is -1.61. The maximum absolute atomic E-state index is 6.42. The molecule has 3 heteroatoms. The third kappa shape index (κ3) is 2.19. The monoisotopic (exact) mass is 255 g/mol. The van der Waals surface area contributed by atoms with Gasteiger partial charge < -0.3 is 11.1 Å². The Balaban J connectivity index is 2.11. The summed E-state index contributed by atoms with van der Waals surface area (Å²) in [6, 6.07) is 8.56. The van der Waals surface area contributed by atoms with Gasteiger partial charge in [-0.15, -0.1) is 0 Å². The van der Waals surface area contributed by atoms with Crippen LogP contribution in [0.25, 0.3) is 10.9 Å². The Labute approximate surface area is 114 Å². The minimum Gasteiger partial charge on any atom is -0.398 e. The van der Waals surface area contributed by atoms with Crippen LogP contribution < -0.4 is 11.1 Å². The SMILES string of the molecule is CCCNC1CCCc2nc3ccccc3c(N)c21. The first kappa shape index (κ1) is 12.4. The fourth-order valence-electron chi connectivity index (χ4n) is 3.03. The number of para-hydroxylation sites is 1. The Morgan fingerprint density at radius 3 is 3.05 bits per heavy atom. The van der Waals surface area contributed by atoms with Gasteiger partial charge in [0.05, 0.1) is 5.52 Å². The molecule has 100 valence electrons.